The molecule has 0 amide bonds. The Labute approximate surface area is 115 Å². The fourth-order valence-corrected chi connectivity index (χ4v) is 2.57. The third-order valence-corrected chi connectivity index (χ3v) is 3.31. The Morgan fingerprint density at radius 2 is 2.00 bits per heavy atom. The summed E-state index contributed by atoms with van der Waals surface area (Å²) in [5.41, 5.74) is 1.09. The molecule has 1 heterocycles. The van der Waals surface area contributed by atoms with E-state index < -0.39 is 0 Å². The average Bonchev–Trinajstić information content (AvgIpc) is 2.35. The second kappa shape index (κ2) is 5.70. The molecule has 0 radical (unpaired) electrons. The van der Waals surface area contributed by atoms with Crippen LogP contribution in [0, 0.1) is 0 Å². The van der Waals surface area contributed by atoms with E-state index >= 15 is 0 Å². The van der Waals surface area contributed by atoms with Crippen molar-refractivity contribution in [1.82, 2.24) is 5.32 Å². The van der Waals surface area contributed by atoms with Gasteiger partial charge >= 0.3 is 0 Å². The van der Waals surface area contributed by atoms with E-state index in [2.05, 4.69) is 26.1 Å². The molecule has 4 heteroatoms. The Balaban J connectivity index is 2.45. The van der Waals surface area contributed by atoms with E-state index in [1.54, 1.807) is 14.2 Å². The topological polar surface area (TPSA) is 39.7 Å². The lowest BCUT2D eigenvalue weighted by molar-refractivity contribution is 0.160. The summed E-state index contributed by atoms with van der Waals surface area (Å²) in [6, 6.07) is 4.50. The molecule has 0 saturated heterocycles. The van der Waals surface area contributed by atoms with Crippen molar-refractivity contribution in [2.45, 2.75) is 45.4 Å². The molecule has 0 bridgehead atoms. The van der Waals surface area contributed by atoms with Crippen LogP contribution in [0.3, 0.4) is 0 Å². The van der Waals surface area contributed by atoms with Gasteiger partial charge in [-0.25, -0.2) is 0 Å². The zero-order valence-electron chi connectivity index (χ0n) is 12.3. The van der Waals surface area contributed by atoms with Gasteiger partial charge in [-0.15, -0.1) is 0 Å². The number of methoxy groups -OCH3 is 2. The van der Waals surface area contributed by atoms with E-state index in [0.717, 1.165) is 29.2 Å². The molecule has 0 fully saturated rings. The van der Waals surface area contributed by atoms with Gasteiger partial charge < -0.3 is 19.5 Å². The molecule has 1 N–H and O–H groups in total. The molecule has 106 valence electrons. The highest BCUT2D eigenvalue weighted by Gasteiger charge is 2.30. The monoisotopic (exact) mass is 265 g/mol. The average molecular weight is 265 g/mol. The summed E-state index contributed by atoms with van der Waals surface area (Å²) >= 11 is 0. The minimum Gasteiger partial charge on any atom is -0.496 e. The highest BCUT2D eigenvalue weighted by Crippen LogP contribution is 2.43. The molecule has 2 unspecified atom stereocenters. The van der Waals surface area contributed by atoms with Gasteiger partial charge in [-0.05, 0) is 6.92 Å². The minimum atomic E-state index is 0.181. The van der Waals surface area contributed by atoms with Crippen molar-refractivity contribution in [1.29, 1.82) is 0 Å². The van der Waals surface area contributed by atoms with Crippen LogP contribution in [-0.4, -0.2) is 26.4 Å². The van der Waals surface area contributed by atoms with Gasteiger partial charge in [0.25, 0.3) is 0 Å². The maximum absolute atomic E-state index is 5.93. The molecule has 0 saturated carbocycles. The lowest BCUT2D eigenvalue weighted by Crippen LogP contribution is -2.35. The van der Waals surface area contributed by atoms with Gasteiger partial charge in [-0.1, -0.05) is 13.8 Å². The van der Waals surface area contributed by atoms with Crippen molar-refractivity contribution < 1.29 is 14.2 Å². The molecule has 2 atom stereocenters. The second-order valence-electron chi connectivity index (χ2n) is 5.28. The Morgan fingerprint density at radius 3 is 2.58 bits per heavy atom. The zero-order chi connectivity index (χ0) is 14.0. The van der Waals surface area contributed by atoms with Gasteiger partial charge in [-0.2, -0.15) is 0 Å². The van der Waals surface area contributed by atoms with Crippen LogP contribution in [0.4, 0.5) is 0 Å². The fourth-order valence-electron chi connectivity index (χ4n) is 2.57. The van der Waals surface area contributed by atoms with Crippen LogP contribution in [-0.2, 0) is 0 Å². The quantitative estimate of drug-likeness (QED) is 0.908. The number of nitrogens with one attached hydrogen (secondary N) is 1. The molecule has 2 rings (SSSR count). The minimum absolute atomic E-state index is 0.181. The van der Waals surface area contributed by atoms with Crippen LogP contribution in [0.2, 0.25) is 0 Å². The normalized spacial score (nSPS) is 21.8. The first-order valence-corrected chi connectivity index (χ1v) is 6.73. The van der Waals surface area contributed by atoms with Gasteiger partial charge in [0.2, 0.25) is 0 Å². The van der Waals surface area contributed by atoms with Crippen LogP contribution < -0.4 is 19.5 Å². The maximum Gasteiger partial charge on any atom is 0.131 e. The fraction of sp³-hybridized carbons (Fsp3) is 0.600. The standard InChI is InChI=1S/C15H23NO3/c1-9(2)16-12-6-10(3)19-14-8-11(17-4)7-13(18-5)15(12)14/h7-10,12,16H,6H2,1-5H3. The first-order valence-electron chi connectivity index (χ1n) is 6.73. The van der Waals surface area contributed by atoms with Gasteiger partial charge in [0, 0.05) is 30.6 Å². The summed E-state index contributed by atoms with van der Waals surface area (Å²) in [4.78, 5) is 0. The molecular weight excluding hydrogens is 242 g/mol. The van der Waals surface area contributed by atoms with Gasteiger partial charge in [0.15, 0.2) is 0 Å². The number of hydrogen-bond donors (Lipinski definition) is 1. The predicted molar refractivity (Wildman–Crippen MR) is 75.3 cm³/mol. The molecule has 0 aromatic heterocycles. The summed E-state index contributed by atoms with van der Waals surface area (Å²) in [5, 5.41) is 3.58. The Morgan fingerprint density at radius 1 is 1.26 bits per heavy atom. The predicted octanol–water partition coefficient (Wildman–Crippen LogP) is 2.91. The molecular formula is C15H23NO3. The SMILES string of the molecule is COc1cc(OC)c2c(c1)OC(C)CC2NC(C)C. The second-order valence-corrected chi connectivity index (χ2v) is 5.28. The van der Waals surface area contributed by atoms with E-state index in [9.17, 15) is 0 Å². The number of rotatable bonds is 4. The van der Waals surface area contributed by atoms with Gasteiger partial charge in [0.05, 0.1) is 25.9 Å². The highest BCUT2D eigenvalue weighted by molar-refractivity contribution is 5.53. The lowest BCUT2D eigenvalue weighted by Gasteiger charge is -2.33. The third kappa shape index (κ3) is 2.95. The number of hydrogen-bond acceptors (Lipinski definition) is 4. The van der Waals surface area contributed by atoms with Crippen molar-refractivity contribution in [2.75, 3.05) is 14.2 Å². The summed E-state index contributed by atoms with van der Waals surface area (Å²) < 4.78 is 16.7. The Bertz CT molecular complexity index is 445. The molecule has 0 spiro atoms. The van der Waals surface area contributed by atoms with E-state index in [0.29, 0.717) is 6.04 Å². The van der Waals surface area contributed by atoms with Crippen LogP contribution >= 0.6 is 0 Å². The summed E-state index contributed by atoms with van der Waals surface area (Å²) in [5.74, 6) is 2.43. The van der Waals surface area contributed by atoms with Gasteiger partial charge in [0.1, 0.15) is 17.2 Å². The third-order valence-electron chi connectivity index (χ3n) is 3.31. The maximum atomic E-state index is 5.93. The van der Waals surface area contributed by atoms with Crippen molar-refractivity contribution >= 4 is 0 Å². The van der Waals surface area contributed by atoms with Crippen molar-refractivity contribution in [3.05, 3.63) is 17.7 Å². The van der Waals surface area contributed by atoms with Crippen molar-refractivity contribution in [3.8, 4) is 17.2 Å². The summed E-state index contributed by atoms with van der Waals surface area (Å²) in [7, 11) is 3.33. The van der Waals surface area contributed by atoms with E-state index in [1.807, 2.05) is 12.1 Å². The number of benzene rings is 1. The molecule has 19 heavy (non-hydrogen) atoms. The number of ether oxygens (including phenoxy) is 3. The molecule has 1 aromatic rings. The number of fused-ring (bicyclic) bond motifs is 1. The van der Waals surface area contributed by atoms with Crippen LogP contribution in [0.1, 0.15) is 38.8 Å². The van der Waals surface area contributed by atoms with Crippen LogP contribution in [0.15, 0.2) is 12.1 Å². The molecule has 1 aliphatic rings. The largest absolute Gasteiger partial charge is 0.496 e. The van der Waals surface area contributed by atoms with E-state index in [4.69, 9.17) is 14.2 Å². The molecule has 1 aromatic carbocycles. The van der Waals surface area contributed by atoms with E-state index in [-0.39, 0.29) is 12.1 Å². The lowest BCUT2D eigenvalue weighted by atomic mass is 9.95. The van der Waals surface area contributed by atoms with E-state index in [1.165, 1.54) is 0 Å². The molecule has 0 aliphatic carbocycles. The zero-order valence-corrected chi connectivity index (χ0v) is 12.3. The molecule has 4 nitrogen and oxygen atoms in total. The Kier molecular flexibility index (Phi) is 4.20. The summed E-state index contributed by atoms with van der Waals surface area (Å²) in [6.45, 7) is 6.38. The highest BCUT2D eigenvalue weighted by atomic mass is 16.5. The smallest absolute Gasteiger partial charge is 0.131 e. The van der Waals surface area contributed by atoms with Crippen LogP contribution in [0.25, 0.3) is 0 Å². The van der Waals surface area contributed by atoms with Gasteiger partial charge in [-0.3, -0.25) is 0 Å². The Hall–Kier alpha value is -1.42. The van der Waals surface area contributed by atoms with Crippen molar-refractivity contribution in [2.24, 2.45) is 0 Å². The van der Waals surface area contributed by atoms with Crippen molar-refractivity contribution in [3.63, 3.8) is 0 Å². The molecule has 1 aliphatic heterocycles. The first-order chi connectivity index (χ1) is 9.05. The summed E-state index contributed by atoms with van der Waals surface area (Å²) in [6.07, 6.45) is 1.12. The first kappa shape index (κ1) is 14.0. The van der Waals surface area contributed by atoms with Crippen LogP contribution in [0.5, 0.6) is 17.2 Å².